The number of carbonyl (C=O) groups is 1. The van der Waals surface area contributed by atoms with E-state index in [9.17, 15) is 13.6 Å². The number of nitrogens with one attached hydrogen (secondary N) is 1. The maximum absolute atomic E-state index is 12.6. The van der Waals surface area contributed by atoms with E-state index in [1.165, 1.54) is 4.90 Å². The van der Waals surface area contributed by atoms with E-state index in [0.29, 0.717) is 12.1 Å². The minimum Gasteiger partial charge on any atom is -0.348 e. The number of likely N-dealkylation sites (tertiary alicyclic amines) is 1. The number of benzene rings is 1. The number of hydrogen-bond donors (Lipinski definition) is 1. The first kappa shape index (κ1) is 13.7. The van der Waals surface area contributed by atoms with Crippen LogP contribution in [0, 0.1) is 0 Å². The van der Waals surface area contributed by atoms with Gasteiger partial charge in [-0.05, 0) is 5.56 Å². The second-order valence-electron chi connectivity index (χ2n) is 4.77. The Labute approximate surface area is 110 Å². The van der Waals surface area contributed by atoms with E-state index in [0.717, 1.165) is 5.56 Å². The van der Waals surface area contributed by atoms with Crippen LogP contribution in [0.1, 0.15) is 5.56 Å². The standard InChI is InChI=1S/C14H16F2N2O/c1-11(8-18-9-14(15,16)10-18)13(19)17-7-12-5-3-2-4-6-12/h2-6H,1,7-10H2,(H,17,19). The molecular weight excluding hydrogens is 250 g/mol. The number of halogens is 2. The zero-order valence-electron chi connectivity index (χ0n) is 10.5. The first-order valence-corrected chi connectivity index (χ1v) is 6.06. The lowest BCUT2D eigenvalue weighted by Crippen LogP contribution is -2.56. The van der Waals surface area contributed by atoms with Crippen molar-refractivity contribution in [1.29, 1.82) is 0 Å². The third kappa shape index (κ3) is 3.86. The van der Waals surface area contributed by atoms with Crippen molar-refractivity contribution in [2.24, 2.45) is 0 Å². The molecule has 1 aliphatic heterocycles. The van der Waals surface area contributed by atoms with Gasteiger partial charge in [-0.25, -0.2) is 8.78 Å². The lowest BCUT2D eigenvalue weighted by Gasteiger charge is -2.38. The molecule has 0 aromatic heterocycles. The van der Waals surface area contributed by atoms with E-state index in [1.807, 2.05) is 30.3 Å². The molecule has 0 aliphatic carbocycles. The Bertz CT molecular complexity index is 466. The molecule has 1 aromatic rings. The predicted octanol–water partition coefficient (Wildman–Crippen LogP) is 1.81. The average Bonchev–Trinajstić information content (AvgIpc) is 2.35. The quantitative estimate of drug-likeness (QED) is 0.824. The summed E-state index contributed by atoms with van der Waals surface area (Å²) >= 11 is 0. The van der Waals surface area contributed by atoms with Crippen molar-refractivity contribution in [2.75, 3.05) is 19.6 Å². The highest BCUT2D eigenvalue weighted by atomic mass is 19.3. The zero-order valence-corrected chi connectivity index (χ0v) is 10.5. The SMILES string of the molecule is C=C(CN1CC(F)(F)C1)C(=O)NCc1ccccc1. The first-order valence-electron chi connectivity index (χ1n) is 6.06. The van der Waals surface area contributed by atoms with E-state index in [2.05, 4.69) is 11.9 Å². The molecule has 19 heavy (non-hydrogen) atoms. The zero-order chi connectivity index (χ0) is 13.9. The summed E-state index contributed by atoms with van der Waals surface area (Å²) in [6, 6.07) is 9.48. The van der Waals surface area contributed by atoms with Gasteiger partial charge in [0.2, 0.25) is 5.91 Å². The molecule has 0 spiro atoms. The monoisotopic (exact) mass is 266 g/mol. The Balaban J connectivity index is 1.73. The highest BCUT2D eigenvalue weighted by Gasteiger charge is 2.43. The molecule has 1 N–H and O–H groups in total. The van der Waals surface area contributed by atoms with Crippen LogP contribution in [0.5, 0.6) is 0 Å². The van der Waals surface area contributed by atoms with Crippen LogP contribution in [0.4, 0.5) is 8.78 Å². The molecule has 3 nitrogen and oxygen atoms in total. The topological polar surface area (TPSA) is 32.3 Å². The van der Waals surface area contributed by atoms with Crippen LogP contribution in [0.2, 0.25) is 0 Å². The highest BCUT2D eigenvalue weighted by Crippen LogP contribution is 2.26. The van der Waals surface area contributed by atoms with Crippen LogP contribution in [0.25, 0.3) is 0 Å². The van der Waals surface area contributed by atoms with Crippen LogP contribution in [0.15, 0.2) is 42.5 Å². The fraction of sp³-hybridized carbons (Fsp3) is 0.357. The minimum atomic E-state index is -2.61. The van der Waals surface area contributed by atoms with Gasteiger partial charge in [-0.3, -0.25) is 9.69 Å². The molecule has 1 aliphatic rings. The van der Waals surface area contributed by atoms with Crippen molar-refractivity contribution >= 4 is 5.91 Å². The van der Waals surface area contributed by atoms with Crippen LogP contribution in [-0.2, 0) is 11.3 Å². The van der Waals surface area contributed by atoms with Crippen molar-refractivity contribution in [1.82, 2.24) is 10.2 Å². The van der Waals surface area contributed by atoms with Crippen molar-refractivity contribution in [3.05, 3.63) is 48.0 Å². The lowest BCUT2D eigenvalue weighted by molar-refractivity contribution is -0.130. The van der Waals surface area contributed by atoms with Crippen molar-refractivity contribution in [2.45, 2.75) is 12.5 Å². The van der Waals surface area contributed by atoms with Gasteiger partial charge < -0.3 is 5.32 Å². The van der Waals surface area contributed by atoms with Gasteiger partial charge in [0.25, 0.3) is 5.92 Å². The molecule has 102 valence electrons. The average molecular weight is 266 g/mol. The molecule has 1 saturated heterocycles. The number of rotatable bonds is 5. The number of carbonyl (C=O) groups excluding carboxylic acids is 1. The maximum atomic E-state index is 12.6. The largest absolute Gasteiger partial charge is 0.348 e. The molecule has 0 radical (unpaired) electrons. The summed E-state index contributed by atoms with van der Waals surface area (Å²) < 4.78 is 25.3. The second-order valence-corrected chi connectivity index (χ2v) is 4.77. The van der Waals surface area contributed by atoms with E-state index in [-0.39, 0.29) is 25.5 Å². The molecule has 1 aromatic carbocycles. The van der Waals surface area contributed by atoms with E-state index in [4.69, 9.17) is 0 Å². The van der Waals surface area contributed by atoms with Gasteiger partial charge >= 0.3 is 0 Å². The molecule has 0 bridgehead atoms. The number of nitrogens with zero attached hydrogens (tertiary/aromatic N) is 1. The maximum Gasteiger partial charge on any atom is 0.272 e. The van der Waals surface area contributed by atoms with Crippen LogP contribution >= 0.6 is 0 Å². The fourth-order valence-electron chi connectivity index (χ4n) is 1.96. The van der Waals surface area contributed by atoms with Gasteiger partial charge in [0.1, 0.15) is 0 Å². The Hall–Kier alpha value is -1.75. The highest BCUT2D eigenvalue weighted by molar-refractivity contribution is 5.93. The summed E-state index contributed by atoms with van der Waals surface area (Å²) in [5, 5.41) is 2.72. The van der Waals surface area contributed by atoms with Crippen molar-refractivity contribution < 1.29 is 13.6 Å². The van der Waals surface area contributed by atoms with Crippen molar-refractivity contribution in [3.8, 4) is 0 Å². The van der Waals surface area contributed by atoms with Gasteiger partial charge in [-0.1, -0.05) is 36.9 Å². The van der Waals surface area contributed by atoms with E-state index < -0.39 is 5.92 Å². The molecule has 1 heterocycles. The van der Waals surface area contributed by atoms with E-state index in [1.54, 1.807) is 0 Å². The first-order chi connectivity index (χ1) is 8.96. The van der Waals surface area contributed by atoms with Gasteiger partial charge in [-0.2, -0.15) is 0 Å². The third-order valence-corrected chi connectivity index (χ3v) is 2.94. The number of alkyl halides is 2. The summed E-state index contributed by atoms with van der Waals surface area (Å²) in [6.45, 7) is 3.65. The summed E-state index contributed by atoms with van der Waals surface area (Å²) in [7, 11) is 0. The van der Waals surface area contributed by atoms with Crippen LogP contribution in [-0.4, -0.2) is 36.4 Å². The lowest BCUT2D eigenvalue weighted by atomic mass is 10.1. The summed E-state index contributed by atoms with van der Waals surface area (Å²) in [5.74, 6) is -2.90. The molecule has 2 rings (SSSR count). The number of amides is 1. The summed E-state index contributed by atoms with van der Waals surface area (Å²) in [6.07, 6.45) is 0. The molecule has 5 heteroatoms. The van der Waals surface area contributed by atoms with Gasteiger partial charge in [-0.15, -0.1) is 0 Å². The molecule has 0 unspecified atom stereocenters. The summed E-state index contributed by atoms with van der Waals surface area (Å²) in [4.78, 5) is 13.2. The second kappa shape index (κ2) is 5.48. The van der Waals surface area contributed by atoms with Gasteiger partial charge in [0.15, 0.2) is 0 Å². The Morgan fingerprint density at radius 1 is 1.32 bits per heavy atom. The van der Waals surface area contributed by atoms with Gasteiger partial charge in [0.05, 0.1) is 13.1 Å². The van der Waals surface area contributed by atoms with Crippen molar-refractivity contribution in [3.63, 3.8) is 0 Å². The molecule has 1 amide bonds. The Morgan fingerprint density at radius 2 is 1.95 bits per heavy atom. The predicted molar refractivity (Wildman–Crippen MR) is 68.8 cm³/mol. The fourth-order valence-corrected chi connectivity index (χ4v) is 1.96. The number of hydrogen-bond acceptors (Lipinski definition) is 2. The molecule has 0 saturated carbocycles. The Morgan fingerprint density at radius 3 is 2.53 bits per heavy atom. The molecule has 1 fully saturated rings. The normalized spacial score (nSPS) is 17.6. The smallest absolute Gasteiger partial charge is 0.272 e. The van der Waals surface area contributed by atoms with E-state index >= 15 is 0 Å². The molecule has 0 atom stereocenters. The van der Waals surface area contributed by atoms with Crippen LogP contribution in [0.3, 0.4) is 0 Å². The third-order valence-electron chi connectivity index (χ3n) is 2.94. The van der Waals surface area contributed by atoms with Gasteiger partial charge in [0, 0.05) is 18.7 Å². The Kier molecular flexibility index (Phi) is 3.95. The molecular formula is C14H16F2N2O. The summed E-state index contributed by atoms with van der Waals surface area (Å²) in [5.41, 5.74) is 1.30. The minimum absolute atomic E-state index is 0.191. The van der Waals surface area contributed by atoms with Crippen LogP contribution < -0.4 is 5.32 Å².